The quantitative estimate of drug-likeness (QED) is 0.321. The fourth-order valence-corrected chi connectivity index (χ4v) is 4.04. The number of halogens is 4. The summed E-state index contributed by atoms with van der Waals surface area (Å²) in [6.07, 6.45) is 2.13. The van der Waals surface area contributed by atoms with E-state index >= 15 is 4.39 Å². The first-order valence-corrected chi connectivity index (χ1v) is 10.5. The molecule has 1 saturated heterocycles. The first-order valence-electron chi connectivity index (χ1n) is 10.5. The van der Waals surface area contributed by atoms with Gasteiger partial charge in [-0.15, -0.1) is 0 Å². The molecule has 164 valence electrons. The van der Waals surface area contributed by atoms with Crippen LogP contribution in [0.3, 0.4) is 0 Å². The Hall–Kier alpha value is -2.44. The van der Waals surface area contributed by atoms with Gasteiger partial charge in [0.2, 0.25) is 0 Å². The Kier molecular flexibility index (Phi) is 6.58. The summed E-state index contributed by atoms with van der Waals surface area (Å²) in [7, 11) is 0. The maximum absolute atomic E-state index is 15.0. The maximum Gasteiger partial charge on any atom is 0.194 e. The molecule has 0 spiro atoms. The summed E-state index contributed by atoms with van der Waals surface area (Å²) in [5, 5.41) is 1.18. The average molecular weight is 432 g/mol. The van der Waals surface area contributed by atoms with Gasteiger partial charge < -0.3 is 9.47 Å². The van der Waals surface area contributed by atoms with E-state index in [9.17, 15) is 13.2 Å². The van der Waals surface area contributed by atoms with Crippen LogP contribution in [0, 0.1) is 29.2 Å². The molecule has 1 aliphatic rings. The molecule has 0 radical (unpaired) electrons. The third-order valence-corrected chi connectivity index (χ3v) is 5.72. The molecule has 0 N–H and O–H groups in total. The minimum Gasteiger partial charge on any atom is -0.348 e. The number of rotatable bonds is 6. The first-order chi connectivity index (χ1) is 15.0. The van der Waals surface area contributed by atoms with E-state index in [-0.39, 0.29) is 24.2 Å². The van der Waals surface area contributed by atoms with Crippen LogP contribution in [-0.4, -0.2) is 13.2 Å². The largest absolute Gasteiger partial charge is 0.348 e. The predicted molar refractivity (Wildman–Crippen MR) is 111 cm³/mol. The van der Waals surface area contributed by atoms with Crippen molar-refractivity contribution < 1.29 is 27.0 Å². The zero-order valence-corrected chi connectivity index (χ0v) is 17.3. The lowest BCUT2D eigenvalue weighted by atomic mass is 9.98. The van der Waals surface area contributed by atoms with E-state index in [0.717, 1.165) is 35.9 Å². The Labute approximate surface area is 178 Å². The van der Waals surface area contributed by atoms with E-state index in [0.29, 0.717) is 30.1 Å². The fourth-order valence-electron chi connectivity index (χ4n) is 4.04. The highest BCUT2D eigenvalue weighted by Crippen LogP contribution is 2.31. The third kappa shape index (κ3) is 4.75. The van der Waals surface area contributed by atoms with Crippen LogP contribution >= 0.6 is 0 Å². The van der Waals surface area contributed by atoms with Gasteiger partial charge in [-0.25, -0.2) is 17.6 Å². The van der Waals surface area contributed by atoms with Gasteiger partial charge in [0.1, 0.15) is 5.82 Å². The zero-order chi connectivity index (χ0) is 22.0. The van der Waals surface area contributed by atoms with Crippen molar-refractivity contribution in [2.24, 2.45) is 5.92 Å². The van der Waals surface area contributed by atoms with Crippen molar-refractivity contribution in [1.29, 1.82) is 0 Å². The van der Waals surface area contributed by atoms with Gasteiger partial charge in [-0.1, -0.05) is 37.6 Å². The van der Waals surface area contributed by atoms with E-state index in [4.69, 9.17) is 9.47 Å². The standard InChI is InChI=1S/C25H24F4O2/c1-2-3-16-13-30-25(31-14-16)19-8-9-20-18(12-19)7-6-17(23(20)28)5-4-15-10-21(26)24(29)22(27)11-15/h6-12,16,25H,2-5,13-14H2,1H3. The van der Waals surface area contributed by atoms with Gasteiger partial charge in [-0.3, -0.25) is 0 Å². The molecule has 4 rings (SSSR count). The van der Waals surface area contributed by atoms with Crippen molar-refractivity contribution in [3.05, 3.63) is 82.4 Å². The van der Waals surface area contributed by atoms with Gasteiger partial charge in [0.05, 0.1) is 13.2 Å². The SMILES string of the molecule is CCCC1COC(c2ccc3c(F)c(CCc4cc(F)c(F)c(F)c4)ccc3c2)OC1. The Morgan fingerprint density at radius 3 is 2.23 bits per heavy atom. The molecule has 2 nitrogen and oxygen atoms in total. The van der Waals surface area contributed by atoms with E-state index < -0.39 is 23.7 Å². The molecule has 3 aromatic rings. The molecule has 3 aromatic carbocycles. The summed E-state index contributed by atoms with van der Waals surface area (Å²) in [4.78, 5) is 0. The van der Waals surface area contributed by atoms with Gasteiger partial charge in [0.25, 0.3) is 0 Å². The summed E-state index contributed by atoms with van der Waals surface area (Å²) < 4.78 is 66.6. The molecule has 0 aromatic heterocycles. The van der Waals surface area contributed by atoms with Gasteiger partial charge in [0, 0.05) is 16.9 Å². The Balaban J connectivity index is 1.49. The van der Waals surface area contributed by atoms with Crippen LogP contribution in [0.25, 0.3) is 10.8 Å². The van der Waals surface area contributed by atoms with Crippen LogP contribution in [0.15, 0.2) is 42.5 Å². The molecule has 0 bridgehead atoms. The molecule has 0 aliphatic carbocycles. The average Bonchev–Trinajstić information content (AvgIpc) is 2.77. The lowest BCUT2D eigenvalue weighted by Crippen LogP contribution is -2.26. The summed E-state index contributed by atoms with van der Waals surface area (Å²) in [6, 6.07) is 10.7. The van der Waals surface area contributed by atoms with Crippen molar-refractivity contribution in [1.82, 2.24) is 0 Å². The minimum atomic E-state index is -1.50. The highest BCUT2D eigenvalue weighted by atomic mass is 19.2. The molecule has 0 unspecified atom stereocenters. The second-order valence-electron chi connectivity index (χ2n) is 8.05. The lowest BCUT2D eigenvalue weighted by molar-refractivity contribution is -0.206. The van der Waals surface area contributed by atoms with E-state index in [1.165, 1.54) is 0 Å². The molecular weight excluding hydrogens is 408 g/mol. The van der Waals surface area contributed by atoms with Crippen LogP contribution in [0.1, 0.15) is 42.7 Å². The molecule has 6 heteroatoms. The van der Waals surface area contributed by atoms with Crippen LogP contribution in [-0.2, 0) is 22.3 Å². The van der Waals surface area contributed by atoms with Crippen LogP contribution in [0.4, 0.5) is 17.6 Å². The van der Waals surface area contributed by atoms with Gasteiger partial charge in [-0.05, 0) is 54.0 Å². The van der Waals surface area contributed by atoms with Crippen molar-refractivity contribution in [3.8, 4) is 0 Å². The van der Waals surface area contributed by atoms with Gasteiger partial charge in [-0.2, -0.15) is 0 Å². The van der Waals surface area contributed by atoms with E-state index in [1.54, 1.807) is 18.2 Å². The highest BCUT2D eigenvalue weighted by molar-refractivity contribution is 5.84. The second kappa shape index (κ2) is 9.37. The van der Waals surface area contributed by atoms with Crippen LogP contribution in [0.5, 0.6) is 0 Å². The van der Waals surface area contributed by atoms with Crippen molar-refractivity contribution >= 4 is 10.8 Å². The summed E-state index contributed by atoms with van der Waals surface area (Å²) >= 11 is 0. The number of hydrogen-bond acceptors (Lipinski definition) is 2. The smallest absolute Gasteiger partial charge is 0.194 e. The first kappa shape index (κ1) is 21.8. The summed E-state index contributed by atoms with van der Waals surface area (Å²) in [5.74, 6) is -3.95. The molecule has 0 saturated carbocycles. The zero-order valence-electron chi connectivity index (χ0n) is 17.3. The number of benzene rings is 3. The normalized spacial score (nSPS) is 19.1. The van der Waals surface area contributed by atoms with Crippen LogP contribution < -0.4 is 0 Å². The highest BCUT2D eigenvalue weighted by Gasteiger charge is 2.23. The molecule has 0 amide bonds. The Morgan fingerprint density at radius 2 is 1.55 bits per heavy atom. The monoisotopic (exact) mass is 432 g/mol. The molecule has 1 fully saturated rings. The lowest BCUT2D eigenvalue weighted by Gasteiger charge is -2.29. The van der Waals surface area contributed by atoms with Gasteiger partial charge in [0.15, 0.2) is 23.7 Å². The molecule has 1 aliphatic heterocycles. The summed E-state index contributed by atoms with van der Waals surface area (Å²) in [6.45, 7) is 3.43. The Morgan fingerprint density at radius 1 is 0.839 bits per heavy atom. The molecular formula is C25H24F4O2. The number of aryl methyl sites for hydroxylation is 2. The van der Waals surface area contributed by atoms with Gasteiger partial charge >= 0.3 is 0 Å². The maximum atomic E-state index is 15.0. The fraction of sp³-hybridized carbons (Fsp3) is 0.360. The van der Waals surface area contributed by atoms with Crippen molar-refractivity contribution in [2.45, 2.75) is 38.9 Å². The van der Waals surface area contributed by atoms with E-state index in [1.807, 2.05) is 12.1 Å². The second-order valence-corrected chi connectivity index (χ2v) is 8.05. The third-order valence-electron chi connectivity index (χ3n) is 5.72. The number of hydrogen-bond donors (Lipinski definition) is 0. The van der Waals surface area contributed by atoms with E-state index in [2.05, 4.69) is 6.92 Å². The molecule has 31 heavy (non-hydrogen) atoms. The number of fused-ring (bicyclic) bond motifs is 1. The van der Waals surface area contributed by atoms with Crippen LogP contribution in [0.2, 0.25) is 0 Å². The topological polar surface area (TPSA) is 18.5 Å². The van der Waals surface area contributed by atoms with Crippen molar-refractivity contribution in [2.75, 3.05) is 13.2 Å². The van der Waals surface area contributed by atoms with Crippen molar-refractivity contribution in [3.63, 3.8) is 0 Å². The summed E-state index contributed by atoms with van der Waals surface area (Å²) in [5.41, 5.74) is 1.55. The minimum absolute atomic E-state index is 0.192. The molecule has 1 heterocycles. The predicted octanol–water partition coefficient (Wildman–Crippen LogP) is 6.64. The molecule has 0 atom stereocenters. The Bertz CT molecular complexity index is 1050. The number of ether oxygens (including phenoxy) is 2.